The first kappa shape index (κ1) is 12.2. The van der Waals surface area contributed by atoms with Crippen molar-refractivity contribution in [1.29, 1.82) is 0 Å². The lowest BCUT2D eigenvalue weighted by atomic mass is 10.3. The maximum Gasteiger partial charge on any atom is 0.0950 e. The summed E-state index contributed by atoms with van der Waals surface area (Å²) in [6.07, 6.45) is 7.06. The van der Waals surface area contributed by atoms with E-state index < -0.39 is 0 Å². The number of ether oxygens (including phenoxy) is 1. The Morgan fingerprint density at radius 3 is 3.07 bits per heavy atom. The molecule has 1 rings (SSSR count). The maximum atomic E-state index is 5.47. The molecule has 0 atom stereocenters. The van der Waals surface area contributed by atoms with Crippen molar-refractivity contribution in [2.45, 2.75) is 32.7 Å². The van der Waals surface area contributed by atoms with E-state index in [-0.39, 0.29) is 0 Å². The van der Waals surface area contributed by atoms with Gasteiger partial charge in [0.1, 0.15) is 0 Å². The highest BCUT2D eigenvalue weighted by atomic mass is 16.5. The zero-order valence-corrected chi connectivity index (χ0v) is 9.48. The van der Waals surface area contributed by atoms with Crippen LogP contribution in [0.1, 0.15) is 25.5 Å². The average Bonchev–Trinajstić information content (AvgIpc) is 2.66. The third-order valence-electron chi connectivity index (χ3n) is 2.22. The predicted octanol–water partition coefficient (Wildman–Crippen LogP) is 1.20. The van der Waals surface area contributed by atoms with Crippen LogP contribution in [0, 0.1) is 0 Å². The Hall–Kier alpha value is -0.870. The molecule has 0 saturated carbocycles. The van der Waals surface area contributed by atoms with Gasteiger partial charge in [0.05, 0.1) is 18.6 Å². The fourth-order valence-corrected chi connectivity index (χ4v) is 1.32. The smallest absolute Gasteiger partial charge is 0.0950 e. The minimum absolute atomic E-state index is 0.657. The van der Waals surface area contributed by atoms with E-state index in [1.165, 1.54) is 6.42 Å². The van der Waals surface area contributed by atoms with Gasteiger partial charge in [-0.15, -0.1) is 0 Å². The van der Waals surface area contributed by atoms with Crippen molar-refractivity contribution in [3.05, 3.63) is 18.2 Å². The molecule has 0 aliphatic carbocycles. The van der Waals surface area contributed by atoms with Gasteiger partial charge in [0, 0.05) is 25.8 Å². The maximum absolute atomic E-state index is 5.47. The first-order chi connectivity index (χ1) is 7.36. The average molecular weight is 211 g/mol. The van der Waals surface area contributed by atoms with Gasteiger partial charge in [0.15, 0.2) is 0 Å². The summed E-state index contributed by atoms with van der Waals surface area (Å²) in [7, 11) is 0. The van der Waals surface area contributed by atoms with Crippen molar-refractivity contribution < 1.29 is 4.74 Å². The Bertz CT molecular complexity index is 260. The Balaban J connectivity index is 2.14. The fraction of sp³-hybridized carbons (Fsp3) is 0.727. The monoisotopic (exact) mass is 211 g/mol. The molecule has 0 aromatic carbocycles. The van der Waals surface area contributed by atoms with Crippen LogP contribution in [0.4, 0.5) is 0 Å². The summed E-state index contributed by atoms with van der Waals surface area (Å²) in [5, 5.41) is 0. The van der Waals surface area contributed by atoms with Crippen molar-refractivity contribution in [2.75, 3.05) is 19.8 Å². The number of hydrogen-bond donors (Lipinski definition) is 1. The van der Waals surface area contributed by atoms with Gasteiger partial charge in [-0.2, -0.15) is 0 Å². The molecule has 0 bridgehead atoms. The van der Waals surface area contributed by atoms with Gasteiger partial charge in [-0.25, -0.2) is 4.98 Å². The summed E-state index contributed by atoms with van der Waals surface area (Å²) in [6, 6.07) is 0. The third-order valence-corrected chi connectivity index (χ3v) is 2.22. The minimum atomic E-state index is 0.657. The Labute approximate surface area is 91.4 Å². The summed E-state index contributed by atoms with van der Waals surface area (Å²) in [4.78, 5) is 4.25. The van der Waals surface area contributed by atoms with E-state index in [2.05, 4.69) is 16.5 Å². The lowest BCUT2D eigenvalue weighted by Crippen LogP contribution is -2.05. The van der Waals surface area contributed by atoms with Gasteiger partial charge in [-0.3, -0.25) is 0 Å². The molecule has 1 aromatic heterocycles. The van der Waals surface area contributed by atoms with Crippen LogP contribution in [-0.2, 0) is 17.7 Å². The molecule has 1 aromatic rings. The highest BCUT2D eigenvalue weighted by molar-refractivity contribution is 4.96. The Morgan fingerprint density at radius 2 is 2.33 bits per heavy atom. The number of imidazole rings is 1. The lowest BCUT2D eigenvalue weighted by molar-refractivity contribution is 0.123. The van der Waals surface area contributed by atoms with Crippen molar-refractivity contribution in [3.8, 4) is 0 Å². The van der Waals surface area contributed by atoms with Gasteiger partial charge < -0.3 is 15.0 Å². The third kappa shape index (κ3) is 4.95. The summed E-state index contributed by atoms with van der Waals surface area (Å²) < 4.78 is 7.53. The second kappa shape index (κ2) is 7.43. The van der Waals surface area contributed by atoms with Crippen LogP contribution in [0.25, 0.3) is 0 Å². The van der Waals surface area contributed by atoms with Crippen molar-refractivity contribution in [3.63, 3.8) is 0 Å². The van der Waals surface area contributed by atoms with Gasteiger partial charge in [-0.1, -0.05) is 13.3 Å². The van der Waals surface area contributed by atoms with Crippen molar-refractivity contribution in [2.24, 2.45) is 5.73 Å². The summed E-state index contributed by atoms with van der Waals surface area (Å²) >= 11 is 0. The molecule has 4 nitrogen and oxygen atoms in total. The van der Waals surface area contributed by atoms with E-state index in [1.807, 2.05) is 12.5 Å². The highest BCUT2D eigenvalue weighted by Gasteiger charge is 1.97. The Kier molecular flexibility index (Phi) is 6.04. The predicted molar refractivity (Wildman–Crippen MR) is 60.7 cm³/mol. The van der Waals surface area contributed by atoms with Gasteiger partial charge in [-0.05, 0) is 13.0 Å². The van der Waals surface area contributed by atoms with E-state index in [1.54, 1.807) is 0 Å². The fourth-order valence-electron chi connectivity index (χ4n) is 1.32. The number of rotatable bonds is 8. The topological polar surface area (TPSA) is 53.1 Å². The number of nitrogens with zero attached hydrogens (tertiary/aromatic N) is 2. The molecule has 1 heterocycles. The molecule has 0 unspecified atom stereocenters. The molecule has 0 aliphatic heterocycles. The van der Waals surface area contributed by atoms with Crippen LogP contribution in [0.3, 0.4) is 0 Å². The molecule has 0 radical (unpaired) electrons. The van der Waals surface area contributed by atoms with E-state index in [0.29, 0.717) is 6.54 Å². The second-order valence-electron chi connectivity index (χ2n) is 3.61. The van der Waals surface area contributed by atoms with Crippen LogP contribution < -0.4 is 5.73 Å². The number of hydrogen-bond acceptors (Lipinski definition) is 3. The highest BCUT2D eigenvalue weighted by Crippen LogP contribution is 1.97. The molecule has 86 valence electrons. The molecule has 0 spiro atoms. The molecule has 0 aliphatic rings. The Morgan fingerprint density at radius 1 is 1.47 bits per heavy atom. The molecule has 0 saturated heterocycles. The standard InChI is InChI=1S/C11H21N3O/c1-2-3-7-15-8-6-14-9-11(4-5-12)13-10-14/h9-10H,2-8,12H2,1H3. The zero-order valence-electron chi connectivity index (χ0n) is 9.48. The molecule has 0 amide bonds. The molecule has 4 heteroatoms. The van der Waals surface area contributed by atoms with E-state index in [9.17, 15) is 0 Å². The van der Waals surface area contributed by atoms with E-state index >= 15 is 0 Å². The molecule has 15 heavy (non-hydrogen) atoms. The SMILES string of the molecule is CCCCOCCn1cnc(CCN)c1. The summed E-state index contributed by atoms with van der Waals surface area (Å²) in [5.74, 6) is 0. The first-order valence-electron chi connectivity index (χ1n) is 5.65. The molecular formula is C11H21N3O. The van der Waals surface area contributed by atoms with Crippen LogP contribution in [0.15, 0.2) is 12.5 Å². The number of unbranched alkanes of at least 4 members (excludes halogenated alkanes) is 1. The first-order valence-corrected chi connectivity index (χ1v) is 5.65. The summed E-state index contributed by atoms with van der Waals surface area (Å²) in [6.45, 7) is 5.32. The summed E-state index contributed by atoms with van der Waals surface area (Å²) in [5.41, 5.74) is 6.51. The van der Waals surface area contributed by atoms with Crippen LogP contribution >= 0.6 is 0 Å². The zero-order chi connectivity index (χ0) is 10.9. The quantitative estimate of drug-likeness (QED) is 0.657. The lowest BCUT2D eigenvalue weighted by Gasteiger charge is -2.03. The van der Waals surface area contributed by atoms with E-state index in [0.717, 1.165) is 38.3 Å². The second-order valence-corrected chi connectivity index (χ2v) is 3.61. The largest absolute Gasteiger partial charge is 0.380 e. The van der Waals surface area contributed by atoms with Crippen LogP contribution in [-0.4, -0.2) is 29.3 Å². The van der Waals surface area contributed by atoms with Gasteiger partial charge in [0.25, 0.3) is 0 Å². The number of aromatic nitrogens is 2. The van der Waals surface area contributed by atoms with Crippen LogP contribution in [0.5, 0.6) is 0 Å². The molecule has 2 N–H and O–H groups in total. The normalized spacial score (nSPS) is 10.8. The van der Waals surface area contributed by atoms with Crippen molar-refractivity contribution >= 4 is 0 Å². The van der Waals surface area contributed by atoms with Gasteiger partial charge in [0.2, 0.25) is 0 Å². The molecule has 0 fully saturated rings. The van der Waals surface area contributed by atoms with Crippen LogP contribution in [0.2, 0.25) is 0 Å². The number of nitrogens with two attached hydrogens (primary N) is 1. The minimum Gasteiger partial charge on any atom is -0.380 e. The van der Waals surface area contributed by atoms with E-state index in [4.69, 9.17) is 10.5 Å². The molecular weight excluding hydrogens is 190 g/mol. The van der Waals surface area contributed by atoms with Gasteiger partial charge >= 0.3 is 0 Å². The van der Waals surface area contributed by atoms with Crippen molar-refractivity contribution in [1.82, 2.24) is 9.55 Å².